The van der Waals surface area contributed by atoms with Crippen LogP contribution >= 0.6 is 0 Å². The highest BCUT2D eigenvalue weighted by atomic mass is 16.2. The van der Waals surface area contributed by atoms with Gasteiger partial charge in [0.05, 0.1) is 11.9 Å². The third-order valence-corrected chi connectivity index (χ3v) is 3.11. The number of rotatable bonds is 2. The van der Waals surface area contributed by atoms with Crippen LogP contribution in [0.1, 0.15) is 13.8 Å². The van der Waals surface area contributed by atoms with Gasteiger partial charge in [-0.15, -0.1) is 0 Å². The molecule has 3 N–H and O–H groups in total. The number of anilines is 2. The number of urea groups is 1. The maximum Gasteiger partial charge on any atom is 0.317 e. The lowest BCUT2D eigenvalue weighted by molar-refractivity contribution is 0.192. The fourth-order valence-corrected chi connectivity index (χ4v) is 2.09. The molecule has 6 heteroatoms. The molecule has 0 aromatic carbocycles. The van der Waals surface area contributed by atoms with Crippen molar-refractivity contribution in [2.24, 2.45) is 0 Å². The zero-order chi connectivity index (χ0) is 13.8. The van der Waals surface area contributed by atoms with Crippen molar-refractivity contribution in [3.8, 4) is 0 Å². The Balaban J connectivity index is 1.88. The zero-order valence-corrected chi connectivity index (χ0v) is 11.5. The van der Waals surface area contributed by atoms with E-state index in [2.05, 4.69) is 15.2 Å². The summed E-state index contributed by atoms with van der Waals surface area (Å²) in [7, 11) is 0. The van der Waals surface area contributed by atoms with Gasteiger partial charge < -0.3 is 20.9 Å². The largest absolute Gasteiger partial charge is 0.384 e. The highest BCUT2D eigenvalue weighted by molar-refractivity contribution is 5.74. The van der Waals surface area contributed by atoms with Gasteiger partial charge in [-0.25, -0.2) is 9.78 Å². The molecule has 6 nitrogen and oxygen atoms in total. The van der Waals surface area contributed by atoms with Gasteiger partial charge in [-0.1, -0.05) is 0 Å². The Hall–Kier alpha value is -1.98. The monoisotopic (exact) mass is 263 g/mol. The van der Waals surface area contributed by atoms with Crippen molar-refractivity contribution in [1.82, 2.24) is 15.2 Å². The fourth-order valence-electron chi connectivity index (χ4n) is 2.09. The van der Waals surface area contributed by atoms with Crippen LogP contribution in [-0.4, -0.2) is 48.1 Å². The Morgan fingerprint density at radius 3 is 2.53 bits per heavy atom. The lowest BCUT2D eigenvalue weighted by Gasteiger charge is -2.36. The quantitative estimate of drug-likeness (QED) is 0.831. The number of carbonyl (C=O) groups is 1. The molecular weight excluding hydrogens is 242 g/mol. The summed E-state index contributed by atoms with van der Waals surface area (Å²) in [4.78, 5) is 20.0. The molecule has 1 aliphatic rings. The van der Waals surface area contributed by atoms with Crippen molar-refractivity contribution in [2.75, 3.05) is 36.8 Å². The average Bonchev–Trinajstić information content (AvgIpc) is 2.39. The molecule has 19 heavy (non-hydrogen) atoms. The summed E-state index contributed by atoms with van der Waals surface area (Å²) in [6.45, 7) is 7.02. The first-order valence-electron chi connectivity index (χ1n) is 6.58. The van der Waals surface area contributed by atoms with E-state index in [1.54, 1.807) is 12.3 Å². The molecule has 1 aromatic heterocycles. The molecule has 1 saturated heterocycles. The second-order valence-corrected chi connectivity index (χ2v) is 5.02. The summed E-state index contributed by atoms with van der Waals surface area (Å²) in [5.41, 5.74) is 6.63. The van der Waals surface area contributed by atoms with Crippen LogP contribution in [-0.2, 0) is 0 Å². The lowest BCUT2D eigenvalue weighted by atomic mass is 10.3. The Morgan fingerprint density at radius 2 is 2.00 bits per heavy atom. The molecule has 1 aliphatic heterocycles. The molecule has 104 valence electrons. The van der Waals surface area contributed by atoms with E-state index in [-0.39, 0.29) is 12.1 Å². The summed E-state index contributed by atoms with van der Waals surface area (Å²) in [5, 5.41) is 2.91. The second kappa shape index (κ2) is 5.77. The minimum Gasteiger partial charge on any atom is -0.384 e. The highest BCUT2D eigenvalue weighted by Gasteiger charge is 2.21. The first-order valence-corrected chi connectivity index (χ1v) is 6.58. The van der Waals surface area contributed by atoms with Crippen LogP contribution in [0, 0.1) is 0 Å². The van der Waals surface area contributed by atoms with Gasteiger partial charge in [-0.05, 0) is 26.0 Å². The number of nitrogens with zero attached hydrogens (tertiary/aromatic N) is 3. The van der Waals surface area contributed by atoms with Crippen LogP contribution in [0.2, 0.25) is 0 Å². The molecule has 2 rings (SSSR count). The average molecular weight is 263 g/mol. The topological polar surface area (TPSA) is 74.5 Å². The molecule has 0 bridgehead atoms. The summed E-state index contributed by atoms with van der Waals surface area (Å²) in [6.07, 6.45) is 1.78. The van der Waals surface area contributed by atoms with Crippen LogP contribution < -0.4 is 16.0 Å². The van der Waals surface area contributed by atoms with Gasteiger partial charge in [0.15, 0.2) is 0 Å². The summed E-state index contributed by atoms with van der Waals surface area (Å²) in [5.74, 6) is 0.527. The molecule has 2 amide bonds. The van der Waals surface area contributed by atoms with Crippen LogP contribution in [0.4, 0.5) is 16.3 Å². The van der Waals surface area contributed by atoms with Crippen molar-refractivity contribution in [3.63, 3.8) is 0 Å². The standard InChI is InChI=1S/C13H21N5O/c1-10(2)16-13(19)18-7-5-17(6-8-18)11-3-4-12(14)15-9-11/h3-4,9-10H,5-8H2,1-2H3,(H2,14,15)(H,16,19). The number of pyridine rings is 1. The van der Waals surface area contributed by atoms with Crippen LogP contribution in [0.5, 0.6) is 0 Å². The smallest absolute Gasteiger partial charge is 0.317 e. The van der Waals surface area contributed by atoms with E-state index in [1.165, 1.54) is 0 Å². The van der Waals surface area contributed by atoms with Gasteiger partial charge in [0.2, 0.25) is 0 Å². The number of aromatic nitrogens is 1. The van der Waals surface area contributed by atoms with E-state index in [0.717, 1.165) is 31.9 Å². The Labute approximate surface area is 113 Å². The van der Waals surface area contributed by atoms with E-state index >= 15 is 0 Å². The number of nitrogens with two attached hydrogens (primary N) is 1. The molecule has 0 saturated carbocycles. The van der Waals surface area contributed by atoms with E-state index < -0.39 is 0 Å². The van der Waals surface area contributed by atoms with E-state index in [9.17, 15) is 4.79 Å². The Kier molecular flexibility index (Phi) is 4.09. The molecule has 2 heterocycles. The third-order valence-electron chi connectivity index (χ3n) is 3.11. The van der Waals surface area contributed by atoms with Crippen molar-refractivity contribution in [3.05, 3.63) is 18.3 Å². The molecule has 0 unspecified atom stereocenters. The highest BCUT2D eigenvalue weighted by Crippen LogP contribution is 2.16. The molecule has 1 aromatic rings. The molecule has 1 fully saturated rings. The SMILES string of the molecule is CC(C)NC(=O)N1CCN(c2ccc(N)nc2)CC1. The normalized spacial score (nSPS) is 15.7. The Bertz CT molecular complexity index is 423. The number of amides is 2. The molecule has 0 radical (unpaired) electrons. The number of nitrogens with one attached hydrogen (secondary N) is 1. The third kappa shape index (κ3) is 3.49. The van der Waals surface area contributed by atoms with E-state index in [4.69, 9.17) is 5.73 Å². The number of piperazine rings is 1. The Morgan fingerprint density at radius 1 is 1.32 bits per heavy atom. The van der Waals surface area contributed by atoms with Crippen molar-refractivity contribution in [2.45, 2.75) is 19.9 Å². The number of nitrogen functional groups attached to an aromatic ring is 1. The molecular formula is C13H21N5O. The van der Waals surface area contributed by atoms with Gasteiger partial charge in [0.25, 0.3) is 0 Å². The van der Waals surface area contributed by atoms with Gasteiger partial charge in [0.1, 0.15) is 5.82 Å². The predicted molar refractivity (Wildman–Crippen MR) is 76.1 cm³/mol. The van der Waals surface area contributed by atoms with Gasteiger partial charge >= 0.3 is 6.03 Å². The van der Waals surface area contributed by atoms with Crippen LogP contribution in [0.15, 0.2) is 18.3 Å². The summed E-state index contributed by atoms with van der Waals surface area (Å²) >= 11 is 0. The van der Waals surface area contributed by atoms with Gasteiger partial charge in [-0.3, -0.25) is 0 Å². The van der Waals surface area contributed by atoms with Crippen molar-refractivity contribution in [1.29, 1.82) is 0 Å². The first-order chi connectivity index (χ1) is 9.06. The number of hydrogen-bond acceptors (Lipinski definition) is 4. The van der Waals surface area contributed by atoms with Crippen LogP contribution in [0.3, 0.4) is 0 Å². The second-order valence-electron chi connectivity index (χ2n) is 5.02. The maximum atomic E-state index is 11.9. The lowest BCUT2D eigenvalue weighted by Crippen LogP contribution is -2.52. The summed E-state index contributed by atoms with van der Waals surface area (Å²) < 4.78 is 0. The van der Waals surface area contributed by atoms with Crippen LogP contribution in [0.25, 0.3) is 0 Å². The minimum atomic E-state index is 0.0186. The maximum absolute atomic E-state index is 11.9. The van der Waals surface area contributed by atoms with E-state index in [1.807, 2.05) is 24.8 Å². The number of carbonyl (C=O) groups excluding carboxylic acids is 1. The molecule has 0 atom stereocenters. The molecule has 0 spiro atoms. The van der Waals surface area contributed by atoms with Crippen molar-refractivity contribution < 1.29 is 4.79 Å². The predicted octanol–water partition coefficient (Wildman–Crippen LogP) is 0.904. The van der Waals surface area contributed by atoms with Crippen molar-refractivity contribution >= 4 is 17.5 Å². The summed E-state index contributed by atoms with van der Waals surface area (Å²) in [6, 6.07) is 3.95. The van der Waals surface area contributed by atoms with Gasteiger partial charge in [0, 0.05) is 32.2 Å². The number of hydrogen-bond donors (Lipinski definition) is 2. The fraction of sp³-hybridized carbons (Fsp3) is 0.538. The zero-order valence-electron chi connectivity index (χ0n) is 11.5. The molecule has 0 aliphatic carbocycles. The first kappa shape index (κ1) is 13.5. The van der Waals surface area contributed by atoms with E-state index in [0.29, 0.717) is 5.82 Å². The minimum absolute atomic E-state index is 0.0186. The van der Waals surface area contributed by atoms with Gasteiger partial charge in [-0.2, -0.15) is 0 Å².